The fraction of sp³-hybridized carbons (Fsp3) is 0.0909. The molecular formula is C22H18O6. The lowest BCUT2D eigenvalue weighted by Crippen LogP contribution is -2.31. The maximum Gasteiger partial charge on any atom is 0.339 e. The van der Waals surface area contributed by atoms with Crippen LogP contribution in [-0.2, 0) is 4.74 Å². The molecule has 0 spiro atoms. The molecule has 0 aromatic heterocycles. The Hall–Kier alpha value is -3.80. The van der Waals surface area contributed by atoms with Gasteiger partial charge in [0.2, 0.25) is 0 Å². The molecule has 1 N–H and O–H groups in total. The molecule has 0 saturated carbocycles. The van der Waals surface area contributed by atoms with Crippen molar-refractivity contribution in [3.63, 3.8) is 0 Å². The van der Waals surface area contributed by atoms with Crippen LogP contribution in [0, 0.1) is 0 Å². The van der Waals surface area contributed by atoms with E-state index in [9.17, 15) is 14.7 Å². The number of hydrogen-bond donors (Lipinski definition) is 1. The molecule has 0 saturated heterocycles. The van der Waals surface area contributed by atoms with E-state index >= 15 is 0 Å². The molecule has 0 bridgehead atoms. The molecule has 0 aliphatic heterocycles. The lowest BCUT2D eigenvalue weighted by atomic mass is 10.1. The predicted octanol–water partition coefficient (Wildman–Crippen LogP) is 4.03. The van der Waals surface area contributed by atoms with Crippen LogP contribution in [0.5, 0.6) is 11.5 Å². The van der Waals surface area contributed by atoms with Crippen LogP contribution in [0.15, 0.2) is 84.9 Å². The molecule has 0 aliphatic rings. The highest BCUT2D eigenvalue weighted by Gasteiger charge is 2.20. The summed E-state index contributed by atoms with van der Waals surface area (Å²) in [6.45, 7) is -0.226. The second-order valence-corrected chi connectivity index (χ2v) is 5.74. The van der Waals surface area contributed by atoms with Gasteiger partial charge in [0.1, 0.15) is 11.5 Å². The minimum absolute atomic E-state index is 0.0341. The second-order valence-electron chi connectivity index (χ2n) is 5.74. The van der Waals surface area contributed by atoms with Gasteiger partial charge in [-0.3, -0.25) is 0 Å². The number of carboxylic acids is 1. The number of carbonyl (C=O) groups excluding carboxylic acids is 1. The highest BCUT2D eigenvalue weighted by atomic mass is 16.7. The smallest absolute Gasteiger partial charge is 0.339 e. The normalized spacial score (nSPS) is 10.3. The maximum atomic E-state index is 12.4. The zero-order chi connectivity index (χ0) is 19.8. The number of ether oxygens (including phenoxy) is 3. The van der Waals surface area contributed by atoms with E-state index in [1.54, 1.807) is 36.4 Å². The van der Waals surface area contributed by atoms with Gasteiger partial charge in [0.15, 0.2) is 6.61 Å². The SMILES string of the molecule is O=C(O)c1ccccc1C(=O)OCC(Oc1ccccc1)Oc1ccccc1. The van der Waals surface area contributed by atoms with E-state index < -0.39 is 18.2 Å². The summed E-state index contributed by atoms with van der Waals surface area (Å²) in [5.74, 6) is -0.877. The first-order chi connectivity index (χ1) is 13.6. The molecule has 0 radical (unpaired) electrons. The summed E-state index contributed by atoms with van der Waals surface area (Å²) in [7, 11) is 0. The Bertz CT molecular complexity index is 883. The van der Waals surface area contributed by atoms with Crippen molar-refractivity contribution >= 4 is 11.9 Å². The van der Waals surface area contributed by atoms with Crippen molar-refractivity contribution in [2.24, 2.45) is 0 Å². The van der Waals surface area contributed by atoms with Crippen molar-refractivity contribution < 1.29 is 28.9 Å². The van der Waals surface area contributed by atoms with Crippen LogP contribution < -0.4 is 9.47 Å². The monoisotopic (exact) mass is 378 g/mol. The third kappa shape index (κ3) is 5.11. The Morgan fingerprint density at radius 3 is 1.68 bits per heavy atom. The number of carboxylic acid groups (broad SMARTS) is 1. The van der Waals surface area contributed by atoms with E-state index in [0.29, 0.717) is 11.5 Å². The predicted molar refractivity (Wildman–Crippen MR) is 102 cm³/mol. The quantitative estimate of drug-likeness (QED) is 0.471. The van der Waals surface area contributed by atoms with Gasteiger partial charge in [-0.25, -0.2) is 9.59 Å². The molecule has 28 heavy (non-hydrogen) atoms. The second kappa shape index (κ2) is 9.23. The van der Waals surface area contributed by atoms with E-state index in [4.69, 9.17) is 14.2 Å². The average molecular weight is 378 g/mol. The standard InChI is InChI=1S/C22H18O6/c23-21(24)18-13-7-8-14-19(18)22(25)26-15-20(27-16-9-3-1-4-10-16)28-17-11-5-2-6-12-17/h1-14,20H,15H2,(H,23,24). The number of para-hydroxylation sites is 2. The Morgan fingerprint density at radius 2 is 1.18 bits per heavy atom. The summed E-state index contributed by atoms with van der Waals surface area (Å²) in [6, 6.07) is 23.8. The van der Waals surface area contributed by atoms with Crippen LogP contribution in [0.25, 0.3) is 0 Å². The topological polar surface area (TPSA) is 82.1 Å². The summed E-state index contributed by atoms with van der Waals surface area (Å²) in [4.78, 5) is 23.7. The van der Waals surface area contributed by atoms with Crippen molar-refractivity contribution in [3.05, 3.63) is 96.1 Å². The van der Waals surface area contributed by atoms with Gasteiger partial charge in [0, 0.05) is 0 Å². The molecule has 0 unspecified atom stereocenters. The van der Waals surface area contributed by atoms with Gasteiger partial charge in [-0.1, -0.05) is 48.5 Å². The van der Waals surface area contributed by atoms with Crippen LogP contribution in [-0.4, -0.2) is 29.9 Å². The molecule has 3 aromatic carbocycles. The molecule has 0 aliphatic carbocycles. The van der Waals surface area contributed by atoms with E-state index in [-0.39, 0.29) is 17.7 Å². The molecule has 142 valence electrons. The zero-order valence-corrected chi connectivity index (χ0v) is 14.9. The number of hydrogen-bond acceptors (Lipinski definition) is 5. The number of aromatic carboxylic acids is 1. The largest absolute Gasteiger partial charge is 0.478 e. The summed E-state index contributed by atoms with van der Waals surface area (Å²) in [5.41, 5.74) is -0.162. The number of carbonyl (C=O) groups is 2. The van der Waals surface area contributed by atoms with Crippen molar-refractivity contribution in [2.45, 2.75) is 6.29 Å². The lowest BCUT2D eigenvalue weighted by Gasteiger charge is -2.20. The Morgan fingerprint density at radius 1 is 0.714 bits per heavy atom. The molecule has 6 nitrogen and oxygen atoms in total. The molecule has 0 heterocycles. The van der Waals surface area contributed by atoms with E-state index in [2.05, 4.69) is 0 Å². The summed E-state index contributed by atoms with van der Waals surface area (Å²) >= 11 is 0. The van der Waals surface area contributed by atoms with Gasteiger partial charge in [0.05, 0.1) is 11.1 Å². The van der Waals surface area contributed by atoms with Crippen molar-refractivity contribution in [2.75, 3.05) is 6.61 Å². The fourth-order valence-corrected chi connectivity index (χ4v) is 2.46. The zero-order valence-electron chi connectivity index (χ0n) is 14.9. The Labute approximate surface area is 161 Å². The van der Waals surface area contributed by atoms with Gasteiger partial charge in [-0.2, -0.15) is 0 Å². The number of benzene rings is 3. The number of esters is 1. The molecule has 0 fully saturated rings. The highest BCUT2D eigenvalue weighted by molar-refractivity contribution is 6.02. The van der Waals surface area contributed by atoms with Crippen LogP contribution in [0.2, 0.25) is 0 Å². The third-order valence-electron chi connectivity index (χ3n) is 3.75. The highest BCUT2D eigenvalue weighted by Crippen LogP contribution is 2.17. The van der Waals surface area contributed by atoms with Crippen molar-refractivity contribution in [3.8, 4) is 11.5 Å². The van der Waals surface area contributed by atoms with Crippen molar-refractivity contribution in [1.29, 1.82) is 0 Å². The first-order valence-corrected chi connectivity index (χ1v) is 8.56. The van der Waals surface area contributed by atoms with Crippen LogP contribution in [0.3, 0.4) is 0 Å². The molecule has 0 atom stereocenters. The minimum Gasteiger partial charge on any atom is -0.478 e. The maximum absolute atomic E-state index is 12.4. The first-order valence-electron chi connectivity index (χ1n) is 8.56. The minimum atomic E-state index is -1.20. The third-order valence-corrected chi connectivity index (χ3v) is 3.75. The van der Waals surface area contributed by atoms with Gasteiger partial charge < -0.3 is 19.3 Å². The summed E-state index contributed by atoms with van der Waals surface area (Å²) in [6.07, 6.45) is -0.911. The molecule has 0 amide bonds. The van der Waals surface area contributed by atoms with E-state index in [0.717, 1.165) is 0 Å². The lowest BCUT2D eigenvalue weighted by molar-refractivity contribution is -0.0467. The Kier molecular flexibility index (Phi) is 6.25. The molecule has 3 rings (SSSR count). The molecular weight excluding hydrogens is 360 g/mol. The van der Waals surface area contributed by atoms with Crippen molar-refractivity contribution in [1.82, 2.24) is 0 Å². The van der Waals surface area contributed by atoms with E-state index in [1.807, 2.05) is 36.4 Å². The summed E-state index contributed by atoms with van der Waals surface area (Å²) < 4.78 is 16.8. The summed E-state index contributed by atoms with van der Waals surface area (Å²) in [5, 5.41) is 9.22. The fourth-order valence-electron chi connectivity index (χ4n) is 2.46. The number of rotatable bonds is 8. The van der Waals surface area contributed by atoms with Crippen LogP contribution in [0.4, 0.5) is 0 Å². The van der Waals surface area contributed by atoms with Gasteiger partial charge in [-0.15, -0.1) is 0 Å². The first kappa shape index (κ1) is 19.0. The van der Waals surface area contributed by atoms with Crippen LogP contribution >= 0.6 is 0 Å². The van der Waals surface area contributed by atoms with Gasteiger partial charge >= 0.3 is 11.9 Å². The van der Waals surface area contributed by atoms with Gasteiger partial charge in [-0.05, 0) is 36.4 Å². The van der Waals surface area contributed by atoms with E-state index in [1.165, 1.54) is 12.1 Å². The van der Waals surface area contributed by atoms with Gasteiger partial charge in [0.25, 0.3) is 6.29 Å². The Balaban J connectivity index is 1.72. The van der Waals surface area contributed by atoms with Crippen LogP contribution in [0.1, 0.15) is 20.7 Å². The molecule has 3 aromatic rings. The average Bonchev–Trinajstić information content (AvgIpc) is 2.73. The molecule has 6 heteroatoms.